The second-order valence-electron chi connectivity index (χ2n) is 5.07. The summed E-state index contributed by atoms with van der Waals surface area (Å²) in [6, 6.07) is 8.29. The minimum absolute atomic E-state index is 0.0286. The molecule has 102 valence electrons. The van der Waals surface area contributed by atoms with Gasteiger partial charge < -0.3 is 16.0 Å². The molecule has 0 aromatic heterocycles. The molecule has 1 aromatic rings. The molecule has 0 atom stereocenters. The first-order valence-electron chi connectivity index (χ1n) is 6.96. The summed E-state index contributed by atoms with van der Waals surface area (Å²) < 4.78 is 0. The highest BCUT2D eigenvalue weighted by Gasteiger charge is 2.24. The Hall–Kier alpha value is -1.75. The van der Waals surface area contributed by atoms with Gasteiger partial charge in [0.15, 0.2) is 0 Å². The zero-order valence-corrected chi connectivity index (χ0v) is 11.0. The van der Waals surface area contributed by atoms with E-state index < -0.39 is 0 Å². The average molecular weight is 260 g/mol. The topological polar surface area (TPSA) is 56.4 Å². The molecule has 3 N–H and O–H groups in total. The first-order valence-corrected chi connectivity index (χ1v) is 6.96. The van der Waals surface area contributed by atoms with E-state index in [1.165, 1.54) is 0 Å². The van der Waals surface area contributed by atoms with Gasteiger partial charge in [0.2, 0.25) is 0 Å². The largest absolute Gasteiger partial charge is 0.382 e. The molecule has 2 aliphatic heterocycles. The van der Waals surface area contributed by atoms with E-state index in [0.717, 1.165) is 43.9 Å². The summed E-state index contributed by atoms with van der Waals surface area (Å²) >= 11 is 0. The fraction of sp³-hybridized carbons (Fsp3) is 0.500. The fourth-order valence-electron chi connectivity index (χ4n) is 2.71. The smallest absolute Gasteiger partial charge is 0.322 e. The maximum absolute atomic E-state index is 12.4. The number of fused-ring (bicyclic) bond motifs is 1. The monoisotopic (exact) mass is 260 g/mol. The number of hydrogen-bond acceptors (Lipinski definition) is 3. The molecule has 1 aromatic carbocycles. The summed E-state index contributed by atoms with van der Waals surface area (Å²) in [5.41, 5.74) is 2.01. The van der Waals surface area contributed by atoms with Gasteiger partial charge in [-0.3, -0.25) is 4.90 Å². The van der Waals surface area contributed by atoms with Crippen molar-refractivity contribution in [1.82, 2.24) is 10.6 Å². The Balaban J connectivity index is 1.70. The summed E-state index contributed by atoms with van der Waals surface area (Å²) in [6.07, 6.45) is 2.03. The molecule has 2 heterocycles. The Morgan fingerprint density at radius 3 is 2.84 bits per heavy atom. The maximum Gasteiger partial charge on any atom is 0.322 e. The Labute approximate surface area is 113 Å². The van der Waals surface area contributed by atoms with E-state index in [2.05, 4.69) is 16.0 Å². The van der Waals surface area contributed by atoms with Gasteiger partial charge in [-0.25, -0.2) is 4.79 Å². The first kappa shape index (κ1) is 12.3. The molecule has 2 aliphatic rings. The van der Waals surface area contributed by atoms with E-state index in [9.17, 15) is 4.79 Å². The Kier molecular flexibility index (Phi) is 3.55. The standard InChI is InChI=1S/C14H20N4O/c19-14(17-11-5-7-15-8-6-11)18-10-9-16-12-3-1-2-4-13(12)18/h1-4,11,15-16H,5-10H2,(H,17,19). The number of carbonyl (C=O) groups excluding carboxylic acids is 1. The maximum atomic E-state index is 12.4. The number of nitrogens with zero attached hydrogens (tertiary/aromatic N) is 1. The van der Waals surface area contributed by atoms with Crippen molar-refractivity contribution in [1.29, 1.82) is 0 Å². The van der Waals surface area contributed by atoms with Gasteiger partial charge in [0.25, 0.3) is 0 Å². The molecule has 1 fully saturated rings. The summed E-state index contributed by atoms with van der Waals surface area (Å²) in [5.74, 6) is 0. The number of carbonyl (C=O) groups is 1. The molecule has 0 aliphatic carbocycles. The van der Waals surface area contributed by atoms with Crippen molar-refractivity contribution >= 4 is 17.4 Å². The molecule has 3 rings (SSSR count). The van der Waals surface area contributed by atoms with E-state index in [-0.39, 0.29) is 6.03 Å². The van der Waals surface area contributed by atoms with E-state index in [0.29, 0.717) is 12.6 Å². The Morgan fingerprint density at radius 1 is 1.21 bits per heavy atom. The second-order valence-corrected chi connectivity index (χ2v) is 5.07. The average Bonchev–Trinajstić information content (AvgIpc) is 2.47. The molecule has 19 heavy (non-hydrogen) atoms. The number of piperidine rings is 1. The van der Waals surface area contributed by atoms with Gasteiger partial charge in [0.1, 0.15) is 0 Å². The third-order valence-corrected chi connectivity index (χ3v) is 3.76. The number of urea groups is 1. The zero-order valence-electron chi connectivity index (χ0n) is 11.0. The van der Waals surface area contributed by atoms with Crippen molar-refractivity contribution in [3.05, 3.63) is 24.3 Å². The predicted molar refractivity (Wildman–Crippen MR) is 76.7 cm³/mol. The molecule has 0 unspecified atom stereocenters. The number of rotatable bonds is 1. The summed E-state index contributed by atoms with van der Waals surface area (Å²) in [6.45, 7) is 3.50. The molecule has 5 heteroatoms. The van der Waals surface area contributed by atoms with Crippen LogP contribution >= 0.6 is 0 Å². The van der Waals surface area contributed by atoms with Crippen molar-refractivity contribution in [2.75, 3.05) is 36.4 Å². The van der Waals surface area contributed by atoms with Crippen molar-refractivity contribution < 1.29 is 4.79 Å². The quantitative estimate of drug-likeness (QED) is 0.715. The van der Waals surface area contributed by atoms with Gasteiger partial charge in [-0.15, -0.1) is 0 Å². The van der Waals surface area contributed by atoms with Gasteiger partial charge in [0.05, 0.1) is 11.4 Å². The van der Waals surface area contributed by atoms with Crippen LogP contribution in [0.15, 0.2) is 24.3 Å². The Bertz CT molecular complexity index is 457. The van der Waals surface area contributed by atoms with Crippen LogP contribution in [0.2, 0.25) is 0 Å². The number of anilines is 2. The van der Waals surface area contributed by atoms with E-state index in [4.69, 9.17) is 0 Å². The molecule has 1 saturated heterocycles. The number of hydrogen-bond donors (Lipinski definition) is 3. The summed E-state index contributed by atoms with van der Waals surface area (Å²) in [4.78, 5) is 14.2. The molecular weight excluding hydrogens is 240 g/mol. The van der Waals surface area contributed by atoms with E-state index >= 15 is 0 Å². The molecule has 2 amide bonds. The number of amides is 2. The SMILES string of the molecule is O=C(NC1CCNCC1)N1CCNc2ccccc21. The van der Waals surface area contributed by atoms with Gasteiger partial charge in [-0.05, 0) is 38.1 Å². The van der Waals surface area contributed by atoms with Crippen molar-refractivity contribution in [3.63, 3.8) is 0 Å². The van der Waals surface area contributed by atoms with Crippen molar-refractivity contribution in [2.24, 2.45) is 0 Å². The lowest BCUT2D eigenvalue weighted by Crippen LogP contribution is -2.50. The van der Waals surface area contributed by atoms with Crippen LogP contribution in [0.1, 0.15) is 12.8 Å². The minimum Gasteiger partial charge on any atom is -0.382 e. The second kappa shape index (κ2) is 5.48. The molecule has 0 bridgehead atoms. The van der Waals surface area contributed by atoms with Gasteiger partial charge >= 0.3 is 6.03 Å². The van der Waals surface area contributed by atoms with Crippen molar-refractivity contribution in [3.8, 4) is 0 Å². The highest BCUT2D eigenvalue weighted by molar-refractivity contribution is 5.96. The molecule has 0 saturated carbocycles. The normalized spacial score (nSPS) is 19.5. The van der Waals surface area contributed by atoms with E-state index in [1.807, 2.05) is 29.2 Å². The fourth-order valence-corrected chi connectivity index (χ4v) is 2.71. The highest BCUT2D eigenvalue weighted by Crippen LogP contribution is 2.28. The van der Waals surface area contributed by atoms with Crippen LogP contribution < -0.4 is 20.9 Å². The third kappa shape index (κ3) is 2.66. The zero-order chi connectivity index (χ0) is 13.1. The Morgan fingerprint density at radius 2 is 2.00 bits per heavy atom. The highest BCUT2D eigenvalue weighted by atomic mass is 16.2. The lowest BCUT2D eigenvalue weighted by molar-refractivity contribution is 0.239. The van der Waals surface area contributed by atoms with Crippen LogP contribution in [0.4, 0.5) is 16.2 Å². The molecule has 0 radical (unpaired) electrons. The van der Waals surface area contributed by atoms with E-state index in [1.54, 1.807) is 0 Å². The van der Waals surface area contributed by atoms with Crippen LogP contribution in [0.25, 0.3) is 0 Å². The molecule has 5 nitrogen and oxygen atoms in total. The van der Waals surface area contributed by atoms with Gasteiger partial charge in [-0.1, -0.05) is 12.1 Å². The van der Waals surface area contributed by atoms with Gasteiger partial charge in [-0.2, -0.15) is 0 Å². The summed E-state index contributed by atoms with van der Waals surface area (Å²) in [7, 11) is 0. The molecular formula is C14H20N4O. The van der Waals surface area contributed by atoms with Crippen LogP contribution in [-0.4, -0.2) is 38.3 Å². The van der Waals surface area contributed by atoms with Crippen LogP contribution in [0.5, 0.6) is 0 Å². The lowest BCUT2D eigenvalue weighted by Gasteiger charge is -2.32. The van der Waals surface area contributed by atoms with Crippen molar-refractivity contribution in [2.45, 2.75) is 18.9 Å². The number of para-hydroxylation sites is 2. The minimum atomic E-state index is 0.0286. The first-order chi connectivity index (χ1) is 9.34. The van der Waals surface area contributed by atoms with Crippen LogP contribution in [0, 0.1) is 0 Å². The third-order valence-electron chi connectivity index (χ3n) is 3.76. The van der Waals surface area contributed by atoms with Crippen LogP contribution in [-0.2, 0) is 0 Å². The van der Waals surface area contributed by atoms with Crippen LogP contribution in [0.3, 0.4) is 0 Å². The number of nitrogens with one attached hydrogen (secondary N) is 3. The summed E-state index contributed by atoms with van der Waals surface area (Å²) in [5, 5.41) is 9.78. The molecule has 0 spiro atoms. The predicted octanol–water partition coefficient (Wildman–Crippen LogP) is 1.38. The van der Waals surface area contributed by atoms with Gasteiger partial charge in [0, 0.05) is 19.1 Å². The lowest BCUT2D eigenvalue weighted by atomic mass is 10.1. The number of benzene rings is 1.